The van der Waals surface area contributed by atoms with Crippen molar-refractivity contribution in [3.8, 4) is 6.07 Å². The van der Waals surface area contributed by atoms with Crippen LogP contribution in [0.15, 0.2) is 30.5 Å². The Bertz CT molecular complexity index is 892. The number of amides is 1. The molecule has 1 amide bonds. The molecule has 0 saturated carbocycles. The van der Waals surface area contributed by atoms with E-state index in [1.165, 1.54) is 5.56 Å². The summed E-state index contributed by atoms with van der Waals surface area (Å²) in [7, 11) is 0. The number of nitriles is 1. The fourth-order valence-electron chi connectivity index (χ4n) is 3.17. The molecule has 0 radical (unpaired) electrons. The summed E-state index contributed by atoms with van der Waals surface area (Å²) < 4.78 is 5.50. The fraction of sp³-hybridized carbons (Fsp3) is 0.450. The predicted octanol–water partition coefficient (Wildman–Crippen LogP) is 3.29. The van der Waals surface area contributed by atoms with Crippen molar-refractivity contribution in [2.75, 3.05) is 18.4 Å². The Balaban J connectivity index is 1.62. The van der Waals surface area contributed by atoms with Gasteiger partial charge in [-0.3, -0.25) is 0 Å². The largest absolute Gasteiger partial charge is 0.444 e. The van der Waals surface area contributed by atoms with Gasteiger partial charge in [-0.1, -0.05) is 12.1 Å². The van der Waals surface area contributed by atoms with Crippen LogP contribution in [0.1, 0.15) is 50.9 Å². The molecule has 1 aromatic heterocycles. The van der Waals surface area contributed by atoms with Crippen LogP contribution < -0.4 is 5.32 Å². The van der Waals surface area contributed by atoms with Crippen LogP contribution in [0.5, 0.6) is 0 Å². The highest BCUT2D eigenvalue weighted by Crippen LogP contribution is 2.28. The van der Waals surface area contributed by atoms with Gasteiger partial charge < -0.3 is 15.0 Å². The first kappa shape index (κ1) is 20.3. The molecule has 3 rings (SSSR count). The molecule has 1 unspecified atom stereocenters. The summed E-state index contributed by atoms with van der Waals surface area (Å²) in [4.78, 5) is 14.2. The van der Waals surface area contributed by atoms with Gasteiger partial charge in [-0.25, -0.2) is 4.79 Å². The summed E-state index contributed by atoms with van der Waals surface area (Å²) in [5, 5.41) is 25.7. The van der Waals surface area contributed by atoms with Crippen molar-refractivity contribution < 1.29 is 9.53 Å². The number of nitrogens with one attached hydrogen (secondary N) is 2. The molecule has 0 bridgehead atoms. The number of rotatable bonds is 4. The minimum Gasteiger partial charge on any atom is -0.444 e. The number of anilines is 1. The number of carbonyl (C=O) groups excluding carboxylic acids is 1. The maximum Gasteiger partial charge on any atom is 0.410 e. The zero-order valence-corrected chi connectivity index (χ0v) is 16.8. The van der Waals surface area contributed by atoms with E-state index in [0.717, 1.165) is 25.1 Å². The lowest BCUT2D eigenvalue weighted by Gasteiger charge is -2.34. The van der Waals surface area contributed by atoms with E-state index in [1.807, 2.05) is 51.1 Å². The number of hydrogen-bond donors (Lipinski definition) is 2. The zero-order chi connectivity index (χ0) is 20.9. The van der Waals surface area contributed by atoms with Crippen LogP contribution in [-0.2, 0) is 4.74 Å². The monoisotopic (exact) mass is 395 g/mol. The van der Waals surface area contributed by atoms with E-state index in [0.29, 0.717) is 6.54 Å². The van der Waals surface area contributed by atoms with Gasteiger partial charge in [0.15, 0.2) is 0 Å². The Morgan fingerprint density at radius 1 is 1.38 bits per heavy atom. The molecule has 1 aliphatic rings. The summed E-state index contributed by atoms with van der Waals surface area (Å²) in [5.74, 6) is 0.510. The van der Waals surface area contributed by atoms with Gasteiger partial charge in [0.1, 0.15) is 17.2 Å². The maximum atomic E-state index is 12.4. The number of aromatic amines is 1. The Kier molecular flexibility index (Phi) is 6.12. The molecule has 9 nitrogen and oxygen atoms in total. The van der Waals surface area contributed by atoms with Gasteiger partial charge >= 0.3 is 6.09 Å². The minimum atomic E-state index is -0.491. The number of tetrazole rings is 1. The topological polar surface area (TPSA) is 120 Å². The lowest BCUT2D eigenvalue weighted by molar-refractivity contribution is 0.0198. The third-order valence-corrected chi connectivity index (χ3v) is 4.55. The highest BCUT2D eigenvalue weighted by molar-refractivity contribution is 5.74. The first-order valence-corrected chi connectivity index (χ1v) is 9.54. The molecule has 0 spiro atoms. The quantitative estimate of drug-likeness (QED) is 0.762. The van der Waals surface area contributed by atoms with Crippen LogP contribution >= 0.6 is 0 Å². The van der Waals surface area contributed by atoms with Crippen LogP contribution in [0.25, 0.3) is 5.57 Å². The molecule has 2 aromatic rings. The number of piperidine rings is 1. The average molecular weight is 395 g/mol. The number of H-pyrrole nitrogens is 1. The number of benzene rings is 1. The number of ether oxygens (including phenoxy) is 1. The van der Waals surface area contributed by atoms with Crippen LogP contribution in [-0.4, -0.2) is 50.3 Å². The molecule has 152 valence electrons. The zero-order valence-electron chi connectivity index (χ0n) is 16.8. The molecule has 0 aliphatic carbocycles. The number of likely N-dealkylation sites (tertiary alicyclic amines) is 1. The Morgan fingerprint density at radius 3 is 2.76 bits per heavy atom. The van der Waals surface area contributed by atoms with Gasteiger partial charge in [-0.2, -0.15) is 10.5 Å². The van der Waals surface area contributed by atoms with Crippen LogP contribution in [0.2, 0.25) is 0 Å². The second kappa shape index (κ2) is 8.73. The number of allylic oxidation sites excluding steroid dienone is 1. The fourth-order valence-corrected chi connectivity index (χ4v) is 3.17. The molecule has 1 fully saturated rings. The van der Waals surface area contributed by atoms with E-state index in [4.69, 9.17) is 4.74 Å². The number of carbonyl (C=O) groups is 1. The van der Waals surface area contributed by atoms with Gasteiger partial charge in [0.2, 0.25) is 5.82 Å². The highest BCUT2D eigenvalue weighted by atomic mass is 16.6. The SMILES string of the molecule is CC(C)(C)OC(=O)N1CCCC(c2ccc(NC=C(C#N)c3nn[nH]n3)cc2)C1. The van der Waals surface area contributed by atoms with Crippen molar-refractivity contribution >= 4 is 17.4 Å². The third-order valence-electron chi connectivity index (χ3n) is 4.55. The average Bonchev–Trinajstić information content (AvgIpc) is 3.22. The smallest absolute Gasteiger partial charge is 0.410 e. The van der Waals surface area contributed by atoms with Crippen LogP contribution in [0, 0.1) is 11.3 Å². The molecule has 2 heterocycles. The minimum absolute atomic E-state index is 0.237. The molecule has 9 heteroatoms. The lowest BCUT2D eigenvalue weighted by Crippen LogP contribution is -2.42. The third kappa shape index (κ3) is 5.54. The van der Waals surface area contributed by atoms with Crippen molar-refractivity contribution in [3.63, 3.8) is 0 Å². The molecule has 2 N–H and O–H groups in total. The molecule has 29 heavy (non-hydrogen) atoms. The number of hydrogen-bond acceptors (Lipinski definition) is 7. The van der Waals surface area contributed by atoms with E-state index in [1.54, 1.807) is 11.1 Å². The maximum absolute atomic E-state index is 12.4. The first-order chi connectivity index (χ1) is 13.9. The molecule has 1 aromatic carbocycles. The molecule has 1 saturated heterocycles. The van der Waals surface area contributed by atoms with Crippen molar-refractivity contribution in [3.05, 3.63) is 41.9 Å². The van der Waals surface area contributed by atoms with Gasteiger partial charge in [0.25, 0.3) is 0 Å². The Hall–Kier alpha value is -3.41. The van der Waals surface area contributed by atoms with Gasteiger partial charge in [0, 0.05) is 30.9 Å². The predicted molar refractivity (Wildman–Crippen MR) is 108 cm³/mol. The second-order valence-corrected chi connectivity index (χ2v) is 7.94. The summed E-state index contributed by atoms with van der Waals surface area (Å²) in [5.41, 5.74) is 1.80. The Morgan fingerprint density at radius 2 is 2.14 bits per heavy atom. The molecule has 1 aliphatic heterocycles. The standard InChI is InChI=1S/C20H25N7O2/c1-20(2,3)29-19(28)27-10-4-5-15(13-27)14-6-8-17(9-7-14)22-12-16(11-21)18-23-25-26-24-18/h6-9,12,15,22H,4-5,10,13H2,1-3H3,(H,23,24,25,26). The number of aromatic nitrogens is 4. The van der Waals surface area contributed by atoms with Gasteiger partial charge in [-0.15, -0.1) is 10.2 Å². The number of nitrogens with zero attached hydrogens (tertiary/aromatic N) is 5. The lowest BCUT2D eigenvalue weighted by atomic mass is 9.90. The van der Waals surface area contributed by atoms with E-state index in [2.05, 4.69) is 25.9 Å². The van der Waals surface area contributed by atoms with E-state index in [-0.39, 0.29) is 23.4 Å². The summed E-state index contributed by atoms with van der Waals surface area (Å²) >= 11 is 0. The summed E-state index contributed by atoms with van der Waals surface area (Å²) in [6, 6.07) is 10.0. The second-order valence-electron chi connectivity index (χ2n) is 7.94. The molecular formula is C20H25N7O2. The van der Waals surface area contributed by atoms with E-state index < -0.39 is 5.60 Å². The van der Waals surface area contributed by atoms with Gasteiger partial charge in [0.05, 0.1) is 0 Å². The van der Waals surface area contributed by atoms with Gasteiger partial charge in [-0.05, 0) is 56.5 Å². The van der Waals surface area contributed by atoms with Crippen molar-refractivity contribution in [1.29, 1.82) is 5.26 Å². The van der Waals surface area contributed by atoms with Crippen LogP contribution in [0.4, 0.5) is 10.5 Å². The highest BCUT2D eigenvalue weighted by Gasteiger charge is 2.28. The van der Waals surface area contributed by atoms with Crippen molar-refractivity contribution in [2.45, 2.75) is 45.1 Å². The normalized spacial score (nSPS) is 17.5. The first-order valence-electron chi connectivity index (χ1n) is 9.54. The van der Waals surface area contributed by atoms with Crippen molar-refractivity contribution in [1.82, 2.24) is 25.5 Å². The molecular weight excluding hydrogens is 370 g/mol. The van der Waals surface area contributed by atoms with Crippen molar-refractivity contribution in [2.24, 2.45) is 0 Å². The molecule has 1 atom stereocenters. The van der Waals surface area contributed by atoms with Crippen LogP contribution in [0.3, 0.4) is 0 Å². The van der Waals surface area contributed by atoms with E-state index in [9.17, 15) is 10.1 Å². The summed E-state index contributed by atoms with van der Waals surface area (Å²) in [6.45, 7) is 7.01. The van der Waals surface area contributed by atoms with E-state index >= 15 is 0 Å². The summed E-state index contributed by atoms with van der Waals surface area (Å²) in [6.07, 6.45) is 3.27. The Labute approximate surface area is 169 Å².